The molecule has 0 aromatic rings. The van der Waals surface area contributed by atoms with Gasteiger partial charge in [-0.3, -0.25) is 9.59 Å². The van der Waals surface area contributed by atoms with Crippen LogP contribution in [0, 0.1) is 0 Å². The van der Waals surface area contributed by atoms with Crippen LogP contribution in [0.1, 0.15) is 335 Å². The van der Waals surface area contributed by atoms with E-state index in [4.69, 9.17) is 4.74 Å². The van der Waals surface area contributed by atoms with Crippen LogP contribution >= 0.6 is 0 Å². The van der Waals surface area contributed by atoms with E-state index in [1.54, 1.807) is 6.08 Å². The van der Waals surface area contributed by atoms with Crippen molar-refractivity contribution in [1.29, 1.82) is 0 Å². The molecule has 1 amide bonds. The molecule has 6 heteroatoms. The average molecular weight is 933 g/mol. The minimum atomic E-state index is -0.846. The van der Waals surface area contributed by atoms with Crippen LogP contribution in [0.2, 0.25) is 0 Å². The van der Waals surface area contributed by atoms with Gasteiger partial charge in [-0.2, -0.15) is 0 Å². The molecule has 6 nitrogen and oxygen atoms in total. The van der Waals surface area contributed by atoms with Crippen LogP contribution in [0.3, 0.4) is 0 Å². The number of aliphatic hydroxyl groups is 2. The highest BCUT2D eigenvalue weighted by molar-refractivity contribution is 5.76. The van der Waals surface area contributed by atoms with Gasteiger partial charge < -0.3 is 20.3 Å². The zero-order valence-electron chi connectivity index (χ0n) is 44.7. The van der Waals surface area contributed by atoms with Crippen molar-refractivity contribution >= 4 is 11.9 Å². The van der Waals surface area contributed by atoms with Crippen molar-refractivity contribution in [2.45, 2.75) is 347 Å². The van der Waals surface area contributed by atoms with Gasteiger partial charge in [-0.25, -0.2) is 0 Å². The number of hydrogen-bond donors (Lipinski definition) is 3. The van der Waals surface area contributed by atoms with Crippen molar-refractivity contribution in [1.82, 2.24) is 5.32 Å². The van der Waals surface area contributed by atoms with E-state index >= 15 is 0 Å². The Morgan fingerprint density at radius 2 is 0.697 bits per heavy atom. The number of nitrogens with one attached hydrogen (secondary N) is 1. The standard InChI is InChI=1S/C60H117NO5/c1-3-5-7-9-11-13-15-17-18-19-20-23-26-30-34-38-42-46-50-54-60(65)66-55-51-47-43-39-35-31-27-24-21-22-25-29-33-37-41-45-49-53-59(64)61-57(56-62)58(63)52-48-44-40-36-32-28-16-14-12-10-8-6-4-2/h48,52,57-58,62-63H,3-47,49-51,53-56H2,1-2H3,(H,61,64)/b52-48+. The number of amides is 1. The van der Waals surface area contributed by atoms with Crippen molar-refractivity contribution in [3.63, 3.8) is 0 Å². The van der Waals surface area contributed by atoms with Gasteiger partial charge in [-0.05, 0) is 32.1 Å². The third-order valence-corrected chi connectivity index (χ3v) is 14.1. The fraction of sp³-hybridized carbons (Fsp3) is 0.933. The van der Waals surface area contributed by atoms with E-state index in [1.807, 2.05) is 6.08 Å². The Morgan fingerprint density at radius 3 is 1.03 bits per heavy atom. The summed E-state index contributed by atoms with van der Waals surface area (Å²) in [6.45, 7) is 4.91. The number of hydrogen-bond acceptors (Lipinski definition) is 5. The van der Waals surface area contributed by atoms with Crippen molar-refractivity contribution in [3.8, 4) is 0 Å². The lowest BCUT2D eigenvalue weighted by molar-refractivity contribution is -0.143. The number of carbonyl (C=O) groups is 2. The molecule has 0 aromatic heterocycles. The zero-order valence-corrected chi connectivity index (χ0v) is 44.7. The highest BCUT2D eigenvalue weighted by Crippen LogP contribution is 2.18. The molecule has 0 aliphatic heterocycles. The predicted molar refractivity (Wildman–Crippen MR) is 287 cm³/mol. The topological polar surface area (TPSA) is 95.9 Å². The number of ether oxygens (including phenoxy) is 1. The number of aliphatic hydroxyl groups excluding tert-OH is 2. The maximum absolute atomic E-state index is 12.4. The molecule has 392 valence electrons. The largest absolute Gasteiger partial charge is 0.466 e. The van der Waals surface area contributed by atoms with Gasteiger partial charge in [0.2, 0.25) is 5.91 Å². The summed E-state index contributed by atoms with van der Waals surface area (Å²) in [4.78, 5) is 24.5. The van der Waals surface area contributed by atoms with Crippen LogP contribution in [0.4, 0.5) is 0 Å². The van der Waals surface area contributed by atoms with E-state index in [1.165, 1.54) is 270 Å². The molecule has 0 saturated carbocycles. The average Bonchev–Trinajstić information content (AvgIpc) is 3.32. The molecule has 0 spiro atoms. The first-order valence-electron chi connectivity index (χ1n) is 30.0. The number of esters is 1. The van der Waals surface area contributed by atoms with Crippen LogP contribution in [0.25, 0.3) is 0 Å². The minimum absolute atomic E-state index is 0.00970. The molecular formula is C60H117NO5. The summed E-state index contributed by atoms with van der Waals surface area (Å²) >= 11 is 0. The fourth-order valence-corrected chi connectivity index (χ4v) is 9.46. The summed E-state index contributed by atoms with van der Waals surface area (Å²) in [5.41, 5.74) is 0. The molecule has 3 N–H and O–H groups in total. The summed E-state index contributed by atoms with van der Waals surface area (Å²) in [5, 5.41) is 23.1. The number of rotatable bonds is 56. The summed E-state index contributed by atoms with van der Waals surface area (Å²) in [7, 11) is 0. The molecule has 0 aliphatic rings. The summed E-state index contributed by atoms with van der Waals surface area (Å²) in [6, 6.07) is -0.630. The Balaban J connectivity index is 3.39. The fourth-order valence-electron chi connectivity index (χ4n) is 9.46. The van der Waals surface area contributed by atoms with Crippen molar-refractivity contribution in [2.75, 3.05) is 13.2 Å². The second-order valence-electron chi connectivity index (χ2n) is 20.7. The van der Waals surface area contributed by atoms with Crippen molar-refractivity contribution in [2.24, 2.45) is 0 Å². The Morgan fingerprint density at radius 1 is 0.409 bits per heavy atom. The lowest BCUT2D eigenvalue weighted by Crippen LogP contribution is -2.45. The van der Waals surface area contributed by atoms with Gasteiger partial charge in [0.1, 0.15) is 0 Å². The summed E-state index contributed by atoms with van der Waals surface area (Å²) < 4.78 is 5.50. The van der Waals surface area contributed by atoms with E-state index in [2.05, 4.69) is 19.2 Å². The smallest absolute Gasteiger partial charge is 0.305 e. The van der Waals surface area contributed by atoms with Gasteiger partial charge in [0, 0.05) is 12.8 Å². The SMILES string of the molecule is CCCCCCCCCCCCC/C=C/C(O)C(CO)NC(=O)CCCCCCCCCCCCCCCCCCCOC(=O)CCCCCCCCCCCCCCCCCCCCC. The summed E-state index contributed by atoms with van der Waals surface area (Å²) in [6.07, 6.45) is 66.7. The molecular weight excluding hydrogens is 815 g/mol. The molecule has 0 bridgehead atoms. The molecule has 0 aromatic carbocycles. The highest BCUT2D eigenvalue weighted by Gasteiger charge is 2.18. The number of allylic oxidation sites excluding steroid dienone is 1. The van der Waals surface area contributed by atoms with E-state index < -0.39 is 12.1 Å². The van der Waals surface area contributed by atoms with E-state index in [-0.39, 0.29) is 18.5 Å². The molecule has 0 fully saturated rings. The third-order valence-electron chi connectivity index (χ3n) is 14.1. The Bertz CT molecular complexity index is 986. The molecule has 2 unspecified atom stereocenters. The van der Waals surface area contributed by atoms with Gasteiger partial charge in [-0.1, -0.05) is 302 Å². The molecule has 0 heterocycles. The minimum Gasteiger partial charge on any atom is -0.466 e. The molecule has 66 heavy (non-hydrogen) atoms. The normalized spacial score (nSPS) is 12.6. The Hall–Kier alpha value is -1.40. The molecule has 0 saturated heterocycles. The molecule has 0 rings (SSSR count). The van der Waals surface area contributed by atoms with Gasteiger partial charge >= 0.3 is 5.97 Å². The van der Waals surface area contributed by atoms with Crippen LogP contribution in [-0.2, 0) is 14.3 Å². The quantitative estimate of drug-likeness (QED) is 0.0321. The van der Waals surface area contributed by atoms with E-state index in [9.17, 15) is 19.8 Å². The summed E-state index contributed by atoms with van der Waals surface area (Å²) in [5.74, 6) is -0.0622. The first-order chi connectivity index (χ1) is 32.5. The number of unbranched alkanes of at least 4 members (excludes halogenated alkanes) is 45. The van der Waals surface area contributed by atoms with Crippen molar-refractivity contribution < 1.29 is 24.5 Å². The predicted octanol–water partition coefficient (Wildman–Crippen LogP) is 18.5. The van der Waals surface area contributed by atoms with Crippen LogP contribution in [-0.4, -0.2) is 47.4 Å². The first kappa shape index (κ1) is 64.6. The first-order valence-corrected chi connectivity index (χ1v) is 30.0. The van der Waals surface area contributed by atoms with Crippen LogP contribution in [0.5, 0.6) is 0 Å². The van der Waals surface area contributed by atoms with Crippen LogP contribution < -0.4 is 5.32 Å². The third kappa shape index (κ3) is 52.0. The maximum Gasteiger partial charge on any atom is 0.305 e. The molecule has 0 radical (unpaired) electrons. The second-order valence-corrected chi connectivity index (χ2v) is 20.7. The van der Waals surface area contributed by atoms with Gasteiger partial charge in [0.25, 0.3) is 0 Å². The number of carbonyl (C=O) groups excluding carboxylic acids is 2. The second kappa shape index (κ2) is 56.2. The molecule has 2 atom stereocenters. The highest BCUT2D eigenvalue weighted by atomic mass is 16.5. The Labute approximate surface area is 412 Å². The van der Waals surface area contributed by atoms with E-state index in [0.29, 0.717) is 19.4 Å². The van der Waals surface area contributed by atoms with Crippen molar-refractivity contribution in [3.05, 3.63) is 12.2 Å². The lowest BCUT2D eigenvalue weighted by atomic mass is 10.0. The Kier molecular flexibility index (Phi) is 55.0. The van der Waals surface area contributed by atoms with Gasteiger partial charge in [0.15, 0.2) is 0 Å². The van der Waals surface area contributed by atoms with Gasteiger partial charge in [0.05, 0.1) is 25.4 Å². The van der Waals surface area contributed by atoms with Crippen LogP contribution in [0.15, 0.2) is 12.2 Å². The maximum atomic E-state index is 12.4. The molecule has 0 aliphatic carbocycles. The lowest BCUT2D eigenvalue weighted by Gasteiger charge is -2.20. The van der Waals surface area contributed by atoms with E-state index in [0.717, 1.165) is 38.5 Å². The van der Waals surface area contributed by atoms with Gasteiger partial charge in [-0.15, -0.1) is 0 Å². The monoisotopic (exact) mass is 932 g/mol. The zero-order chi connectivity index (χ0) is 47.9.